The minimum atomic E-state index is -0.628. The van der Waals surface area contributed by atoms with Crippen LogP contribution in [0.3, 0.4) is 0 Å². The van der Waals surface area contributed by atoms with Gasteiger partial charge in [-0.1, -0.05) is 56.8 Å². The minimum absolute atomic E-state index is 0.0108. The van der Waals surface area contributed by atoms with Crippen molar-refractivity contribution in [2.24, 2.45) is 11.7 Å². The highest BCUT2D eigenvalue weighted by molar-refractivity contribution is 6.30. The molecule has 1 aromatic carbocycles. The molecule has 0 radical (unpaired) electrons. The van der Waals surface area contributed by atoms with Gasteiger partial charge < -0.3 is 10.6 Å². The van der Waals surface area contributed by atoms with E-state index in [1.807, 2.05) is 31.0 Å². The van der Waals surface area contributed by atoms with E-state index in [-0.39, 0.29) is 23.8 Å². The lowest BCUT2D eigenvalue weighted by Gasteiger charge is -2.39. The van der Waals surface area contributed by atoms with Gasteiger partial charge in [-0.25, -0.2) is 5.01 Å². The smallest absolute Gasteiger partial charge is 0.251 e. The SMILES string of the molecule is CC(C)C(=O)N(C1CCCCC1)[C@H]1CCN(NC(=O)[C@H](N)Cc2ccc(Cl)cc2)C1. The molecule has 0 spiro atoms. The van der Waals surface area contributed by atoms with Crippen LogP contribution in [0.1, 0.15) is 57.9 Å². The summed E-state index contributed by atoms with van der Waals surface area (Å²) in [5.74, 6) is 0.0351. The van der Waals surface area contributed by atoms with Crippen molar-refractivity contribution in [1.82, 2.24) is 15.3 Å². The Hall–Kier alpha value is -1.63. The van der Waals surface area contributed by atoms with Gasteiger partial charge >= 0.3 is 0 Å². The fourth-order valence-electron chi connectivity index (χ4n) is 4.59. The number of carbonyl (C=O) groups excluding carboxylic acids is 2. The van der Waals surface area contributed by atoms with Gasteiger partial charge in [0.25, 0.3) is 5.91 Å². The van der Waals surface area contributed by atoms with Gasteiger partial charge in [0.15, 0.2) is 0 Å². The molecule has 1 aromatic rings. The van der Waals surface area contributed by atoms with E-state index >= 15 is 0 Å². The van der Waals surface area contributed by atoms with Gasteiger partial charge in [-0.05, 0) is 43.4 Å². The number of nitrogens with two attached hydrogens (primary N) is 1. The van der Waals surface area contributed by atoms with Crippen LogP contribution in [0.4, 0.5) is 0 Å². The van der Waals surface area contributed by atoms with Crippen LogP contribution in [0.5, 0.6) is 0 Å². The molecule has 2 fully saturated rings. The van der Waals surface area contributed by atoms with Crippen LogP contribution in [0.25, 0.3) is 0 Å². The zero-order valence-electron chi connectivity index (χ0n) is 18.1. The molecule has 7 heteroatoms. The molecule has 30 heavy (non-hydrogen) atoms. The molecule has 1 aliphatic heterocycles. The molecule has 3 N–H and O–H groups in total. The lowest BCUT2D eigenvalue weighted by Crippen LogP contribution is -2.53. The van der Waals surface area contributed by atoms with Gasteiger partial charge in [-0.3, -0.25) is 15.0 Å². The van der Waals surface area contributed by atoms with E-state index < -0.39 is 6.04 Å². The molecule has 0 unspecified atom stereocenters. The highest BCUT2D eigenvalue weighted by Crippen LogP contribution is 2.28. The largest absolute Gasteiger partial charge is 0.335 e. The molecular formula is C23H35ClN4O2. The Kier molecular flexibility index (Phi) is 8.14. The van der Waals surface area contributed by atoms with Crippen molar-refractivity contribution in [3.63, 3.8) is 0 Å². The Morgan fingerprint density at radius 3 is 2.43 bits per heavy atom. The predicted molar refractivity (Wildman–Crippen MR) is 120 cm³/mol. The monoisotopic (exact) mass is 434 g/mol. The maximum Gasteiger partial charge on any atom is 0.251 e. The molecule has 1 saturated carbocycles. The first-order valence-corrected chi connectivity index (χ1v) is 11.6. The van der Waals surface area contributed by atoms with Crippen LogP contribution in [0.15, 0.2) is 24.3 Å². The lowest BCUT2D eigenvalue weighted by molar-refractivity contribution is -0.140. The number of halogens is 1. The van der Waals surface area contributed by atoms with Crippen LogP contribution in [0, 0.1) is 5.92 Å². The van der Waals surface area contributed by atoms with Crippen LogP contribution >= 0.6 is 11.6 Å². The maximum absolute atomic E-state index is 13.0. The third kappa shape index (κ3) is 5.96. The lowest BCUT2D eigenvalue weighted by atomic mass is 9.92. The predicted octanol–water partition coefficient (Wildman–Crippen LogP) is 3.13. The molecular weight excluding hydrogens is 400 g/mol. The summed E-state index contributed by atoms with van der Waals surface area (Å²) in [5, 5.41) is 2.59. The number of hydrazine groups is 1. The number of carbonyl (C=O) groups is 2. The number of amides is 2. The van der Waals surface area contributed by atoms with Gasteiger partial charge in [0.1, 0.15) is 0 Å². The van der Waals surface area contributed by atoms with Crippen molar-refractivity contribution in [2.45, 2.75) is 76.9 Å². The molecule has 1 saturated heterocycles. The summed E-state index contributed by atoms with van der Waals surface area (Å²) < 4.78 is 0. The number of nitrogens with zero attached hydrogens (tertiary/aromatic N) is 2. The van der Waals surface area contributed by atoms with E-state index in [1.165, 1.54) is 19.3 Å². The maximum atomic E-state index is 13.0. The Bertz CT molecular complexity index is 718. The van der Waals surface area contributed by atoms with Crippen LogP contribution in [-0.4, -0.2) is 52.9 Å². The van der Waals surface area contributed by atoms with Gasteiger partial charge in [0.05, 0.1) is 6.04 Å². The molecule has 6 nitrogen and oxygen atoms in total. The number of rotatable bonds is 7. The second kappa shape index (κ2) is 10.6. The second-order valence-corrected chi connectivity index (χ2v) is 9.43. The van der Waals surface area contributed by atoms with Crippen molar-refractivity contribution in [2.75, 3.05) is 13.1 Å². The highest BCUT2D eigenvalue weighted by Gasteiger charge is 2.37. The summed E-state index contributed by atoms with van der Waals surface area (Å²) in [7, 11) is 0. The van der Waals surface area contributed by atoms with E-state index in [4.69, 9.17) is 17.3 Å². The van der Waals surface area contributed by atoms with Crippen molar-refractivity contribution in [3.05, 3.63) is 34.9 Å². The van der Waals surface area contributed by atoms with E-state index in [0.29, 0.717) is 24.0 Å². The van der Waals surface area contributed by atoms with Crippen LogP contribution in [-0.2, 0) is 16.0 Å². The molecule has 0 aromatic heterocycles. The first-order valence-electron chi connectivity index (χ1n) is 11.2. The van der Waals surface area contributed by atoms with E-state index in [0.717, 1.165) is 31.4 Å². The Balaban J connectivity index is 1.56. The summed E-state index contributed by atoms with van der Waals surface area (Å²) in [5.41, 5.74) is 10.1. The summed E-state index contributed by atoms with van der Waals surface area (Å²) >= 11 is 5.92. The molecule has 1 aliphatic carbocycles. The third-order valence-electron chi connectivity index (χ3n) is 6.25. The standard InChI is InChI=1S/C23H35ClN4O2/c1-16(2)23(30)28(19-6-4-3-5-7-19)20-12-13-27(15-20)26-22(29)21(25)14-17-8-10-18(24)11-9-17/h8-11,16,19-21H,3-7,12-15,25H2,1-2H3,(H,26,29)/t20-,21+/m0/s1. The molecule has 3 rings (SSSR count). The van der Waals surface area contributed by atoms with Crippen molar-refractivity contribution in [1.29, 1.82) is 0 Å². The Morgan fingerprint density at radius 1 is 1.13 bits per heavy atom. The molecule has 2 atom stereocenters. The summed E-state index contributed by atoms with van der Waals surface area (Å²) in [6.07, 6.45) is 7.17. The normalized spacial score (nSPS) is 21.6. The summed E-state index contributed by atoms with van der Waals surface area (Å²) in [4.78, 5) is 27.7. The second-order valence-electron chi connectivity index (χ2n) is 8.99. The van der Waals surface area contributed by atoms with Crippen molar-refractivity contribution >= 4 is 23.4 Å². The molecule has 1 heterocycles. The summed E-state index contributed by atoms with van der Waals surface area (Å²) in [6, 6.07) is 7.24. The van der Waals surface area contributed by atoms with Crippen molar-refractivity contribution < 1.29 is 9.59 Å². The zero-order chi connectivity index (χ0) is 21.7. The first kappa shape index (κ1) is 23.0. The summed E-state index contributed by atoms with van der Waals surface area (Å²) in [6.45, 7) is 5.35. The first-order chi connectivity index (χ1) is 14.3. The average molecular weight is 435 g/mol. The van der Waals surface area contributed by atoms with Gasteiger partial charge in [0.2, 0.25) is 5.91 Å². The minimum Gasteiger partial charge on any atom is -0.335 e. The van der Waals surface area contributed by atoms with Gasteiger partial charge in [0, 0.05) is 36.1 Å². The number of hydrogen-bond donors (Lipinski definition) is 2. The average Bonchev–Trinajstić information content (AvgIpc) is 3.18. The Morgan fingerprint density at radius 2 is 1.80 bits per heavy atom. The Labute approximate surface area is 185 Å². The topological polar surface area (TPSA) is 78.7 Å². The van der Waals surface area contributed by atoms with Crippen LogP contribution in [0.2, 0.25) is 5.02 Å². The number of hydrogen-bond acceptors (Lipinski definition) is 4. The molecule has 0 bridgehead atoms. The fourth-order valence-corrected chi connectivity index (χ4v) is 4.72. The van der Waals surface area contributed by atoms with Crippen LogP contribution < -0.4 is 11.2 Å². The molecule has 2 aliphatic rings. The van der Waals surface area contributed by atoms with Gasteiger partial charge in [-0.2, -0.15) is 0 Å². The van der Waals surface area contributed by atoms with E-state index in [2.05, 4.69) is 10.3 Å². The number of benzene rings is 1. The van der Waals surface area contributed by atoms with E-state index in [9.17, 15) is 9.59 Å². The van der Waals surface area contributed by atoms with Crippen molar-refractivity contribution in [3.8, 4) is 0 Å². The van der Waals surface area contributed by atoms with E-state index in [1.54, 1.807) is 12.1 Å². The molecule has 166 valence electrons. The van der Waals surface area contributed by atoms with Gasteiger partial charge in [-0.15, -0.1) is 0 Å². The zero-order valence-corrected chi connectivity index (χ0v) is 18.9. The quantitative estimate of drug-likeness (QED) is 0.691. The number of nitrogens with one attached hydrogen (secondary N) is 1. The highest BCUT2D eigenvalue weighted by atomic mass is 35.5. The fraction of sp³-hybridized carbons (Fsp3) is 0.652. The molecule has 2 amide bonds. The third-order valence-corrected chi connectivity index (χ3v) is 6.50.